The molecule has 3 heteroatoms. The lowest BCUT2D eigenvalue weighted by Crippen LogP contribution is -2.12. The molecule has 1 aliphatic carbocycles. The van der Waals surface area contributed by atoms with Crippen LogP contribution in [0.15, 0.2) is 30.3 Å². The normalized spacial score (nSPS) is 19.4. The lowest BCUT2D eigenvalue weighted by atomic mass is 10.2. The number of aryl methyl sites for hydroxylation is 1. The minimum absolute atomic E-state index is 0.0189. The van der Waals surface area contributed by atoms with Crippen LogP contribution in [0, 0.1) is 6.92 Å². The van der Waals surface area contributed by atoms with Crippen molar-refractivity contribution >= 4 is 16.7 Å². The van der Waals surface area contributed by atoms with Crippen LogP contribution in [0.2, 0.25) is 0 Å². The summed E-state index contributed by atoms with van der Waals surface area (Å²) in [5.41, 5.74) is 1.86. The number of nitrogens with zero attached hydrogens (tertiary/aromatic N) is 1. The van der Waals surface area contributed by atoms with E-state index in [-0.39, 0.29) is 6.10 Å². The van der Waals surface area contributed by atoms with Crippen LogP contribution in [0.5, 0.6) is 5.75 Å². The van der Waals surface area contributed by atoms with Crippen molar-refractivity contribution in [2.75, 3.05) is 0 Å². The minimum atomic E-state index is 0.0189. The summed E-state index contributed by atoms with van der Waals surface area (Å²) in [5, 5.41) is 1.07. The number of hydrogen-bond donors (Lipinski definition) is 0. The van der Waals surface area contributed by atoms with Gasteiger partial charge < -0.3 is 4.74 Å². The number of pyridine rings is 1. The highest BCUT2D eigenvalue weighted by atomic mass is 16.5. The Balaban J connectivity index is 1.96. The molecule has 1 unspecified atom stereocenters. The molecule has 1 heterocycles. The zero-order valence-electron chi connectivity index (χ0n) is 10.3. The van der Waals surface area contributed by atoms with Gasteiger partial charge in [-0.3, -0.25) is 4.79 Å². The fourth-order valence-electron chi connectivity index (χ4n) is 2.37. The summed E-state index contributed by atoms with van der Waals surface area (Å²) in [6.45, 7) is 1.97. The number of carbonyl (C=O) groups is 1. The molecule has 1 fully saturated rings. The molecule has 18 heavy (non-hydrogen) atoms. The number of para-hydroxylation sites is 1. The van der Waals surface area contributed by atoms with Crippen molar-refractivity contribution in [3.63, 3.8) is 0 Å². The Morgan fingerprint density at radius 3 is 2.94 bits per heavy atom. The first kappa shape index (κ1) is 11.2. The predicted molar refractivity (Wildman–Crippen MR) is 69.8 cm³/mol. The number of ketones is 1. The Morgan fingerprint density at radius 2 is 2.17 bits per heavy atom. The number of hydrogen-bond acceptors (Lipinski definition) is 3. The molecule has 0 N–H and O–H groups in total. The van der Waals surface area contributed by atoms with E-state index < -0.39 is 0 Å². The van der Waals surface area contributed by atoms with Gasteiger partial charge in [0.15, 0.2) is 0 Å². The van der Waals surface area contributed by atoms with Crippen molar-refractivity contribution < 1.29 is 9.53 Å². The van der Waals surface area contributed by atoms with E-state index in [0.717, 1.165) is 28.8 Å². The largest absolute Gasteiger partial charge is 0.488 e. The Morgan fingerprint density at radius 1 is 1.28 bits per heavy atom. The number of Topliss-reactive ketones (excluding diaryl/α,β-unsaturated/α-hetero) is 1. The van der Waals surface area contributed by atoms with Gasteiger partial charge in [-0.15, -0.1) is 0 Å². The summed E-state index contributed by atoms with van der Waals surface area (Å²) in [5.74, 6) is 1.08. The number of aromatic nitrogens is 1. The van der Waals surface area contributed by atoms with E-state index in [1.165, 1.54) is 0 Å². The van der Waals surface area contributed by atoms with Gasteiger partial charge >= 0.3 is 0 Å². The molecule has 2 aromatic rings. The van der Waals surface area contributed by atoms with Gasteiger partial charge in [-0.1, -0.05) is 18.2 Å². The Kier molecular flexibility index (Phi) is 2.74. The van der Waals surface area contributed by atoms with Gasteiger partial charge in [-0.05, 0) is 25.5 Å². The average molecular weight is 241 g/mol. The van der Waals surface area contributed by atoms with Gasteiger partial charge in [-0.25, -0.2) is 4.98 Å². The molecule has 1 aliphatic rings. The fourth-order valence-corrected chi connectivity index (χ4v) is 2.37. The second-order valence-corrected chi connectivity index (χ2v) is 4.80. The van der Waals surface area contributed by atoms with Crippen LogP contribution < -0.4 is 4.74 Å². The van der Waals surface area contributed by atoms with E-state index in [0.29, 0.717) is 18.6 Å². The molecule has 0 spiro atoms. The molecule has 0 aliphatic heterocycles. The van der Waals surface area contributed by atoms with Crippen molar-refractivity contribution in [3.05, 3.63) is 36.0 Å². The fraction of sp³-hybridized carbons (Fsp3) is 0.333. The maximum absolute atomic E-state index is 11.3. The van der Waals surface area contributed by atoms with Crippen molar-refractivity contribution in [1.82, 2.24) is 4.98 Å². The summed E-state index contributed by atoms with van der Waals surface area (Å²) in [7, 11) is 0. The lowest BCUT2D eigenvalue weighted by Gasteiger charge is -2.14. The maximum atomic E-state index is 11.3. The molecule has 92 valence electrons. The Labute approximate surface area is 106 Å². The van der Waals surface area contributed by atoms with Crippen molar-refractivity contribution in [1.29, 1.82) is 0 Å². The molecular formula is C15H15NO2. The van der Waals surface area contributed by atoms with Gasteiger partial charge in [0.2, 0.25) is 0 Å². The van der Waals surface area contributed by atoms with Gasteiger partial charge in [0, 0.05) is 23.9 Å². The van der Waals surface area contributed by atoms with Crippen LogP contribution in [-0.4, -0.2) is 16.9 Å². The molecule has 0 saturated heterocycles. The van der Waals surface area contributed by atoms with Crippen molar-refractivity contribution in [2.45, 2.75) is 32.3 Å². The van der Waals surface area contributed by atoms with Crippen molar-refractivity contribution in [3.8, 4) is 5.75 Å². The molecule has 3 nitrogen and oxygen atoms in total. The van der Waals surface area contributed by atoms with E-state index in [9.17, 15) is 4.79 Å². The van der Waals surface area contributed by atoms with E-state index in [1.807, 2.05) is 37.3 Å². The number of carbonyl (C=O) groups excluding carboxylic acids is 1. The van der Waals surface area contributed by atoms with Crippen LogP contribution in [0.1, 0.15) is 25.0 Å². The highest BCUT2D eigenvalue weighted by Gasteiger charge is 2.24. The third-order valence-corrected chi connectivity index (χ3v) is 3.32. The minimum Gasteiger partial charge on any atom is -0.488 e. The number of rotatable bonds is 2. The summed E-state index contributed by atoms with van der Waals surface area (Å²) in [6, 6.07) is 9.95. The van der Waals surface area contributed by atoms with Crippen LogP contribution >= 0.6 is 0 Å². The van der Waals surface area contributed by atoms with E-state index in [4.69, 9.17) is 4.74 Å². The molecule has 0 radical (unpaired) electrons. The maximum Gasteiger partial charge on any atom is 0.145 e. The quantitative estimate of drug-likeness (QED) is 0.811. The molecular weight excluding hydrogens is 226 g/mol. The van der Waals surface area contributed by atoms with Crippen LogP contribution in [0.3, 0.4) is 0 Å². The summed E-state index contributed by atoms with van der Waals surface area (Å²) >= 11 is 0. The van der Waals surface area contributed by atoms with Crippen LogP contribution in [-0.2, 0) is 4.79 Å². The molecule has 3 rings (SSSR count). The molecule has 1 aromatic carbocycles. The topological polar surface area (TPSA) is 39.2 Å². The van der Waals surface area contributed by atoms with Gasteiger partial charge in [-0.2, -0.15) is 0 Å². The molecule has 1 aromatic heterocycles. The van der Waals surface area contributed by atoms with Gasteiger partial charge in [0.05, 0.1) is 0 Å². The second-order valence-electron chi connectivity index (χ2n) is 4.80. The third kappa shape index (κ3) is 2.08. The van der Waals surface area contributed by atoms with Crippen molar-refractivity contribution in [2.24, 2.45) is 0 Å². The zero-order chi connectivity index (χ0) is 12.5. The van der Waals surface area contributed by atoms with E-state index in [2.05, 4.69) is 4.98 Å². The lowest BCUT2D eigenvalue weighted by molar-refractivity contribution is -0.117. The highest BCUT2D eigenvalue weighted by Crippen LogP contribution is 2.28. The molecule has 0 amide bonds. The van der Waals surface area contributed by atoms with Crippen LogP contribution in [0.25, 0.3) is 10.9 Å². The van der Waals surface area contributed by atoms with E-state index >= 15 is 0 Å². The Bertz CT molecular complexity index is 606. The first-order valence-electron chi connectivity index (χ1n) is 6.27. The molecule has 1 atom stereocenters. The standard InChI is InChI=1S/C15H15NO2/c1-10-5-6-11-3-2-4-14(15(11)16-10)18-13-8-7-12(17)9-13/h2-6,13H,7-9H2,1H3. The number of fused-ring (bicyclic) bond motifs is 1. The average Bonchev–Trinajstić information content (AvgIpc) is 2.76. The SMILES string of the molecule is Cc1ccc2cccc(OC3CCC(=O)C3)c2n1. The predicted octanol–water partition coefficient (Wildman–Crippen LogP) is 3.04. The highest BCUT2D eigenvalue weighted by molar-refractivity contribution is 5.85. The van der Waals surface area contributed by atoms with E-state index in [1.54, 1.807) is 0 Å². The van der Waals surface area contributed by atoms with Gasteiger partial charge in [0.25, 0.3) is 0 Å². The first-order chi connectivity index (χ1) is 8.72. The van der Waals surface area contributed by atoms with Crippen LogP contribution in [0.4, 0.5) is 0 Å². The summed E-state index contributed by atoms with van der Waals surface area (Å²) in [6.07, 6.45) is 2.01. The molecule has 1 saturated carbocycles. The smallest absolute Gasteiger partial charge is 0.145 e. The number of ether oxygens (including phenoxy) is 1. The Hall–Kier alpha value is -1.90. The third-order valence-electron chi connectivity index (χ3n) is 3.32. The van der Waals surface area contributed by atoms with Gasteiger partial charge in [0.1, 0.15) is 23.2 Å². The zero-order valence-corrected chi connectivity index (χ0v) is 10.3. The molecule has 0 bridgehead atoms. The monoisotopic (exact) mass is 241 g/mol. The summed E-state index contributed by atoms with van der Waals surface area (Å²) < 4.78 is 5.93. The summed E-state index contributed by atoms with van der Waals surface area (Å²) in [4.78, 5) is 15.8. The first-order valence-corrected chi connectivity index (χ1v) is 6.27. The number of benzene rings is 1. The second kappa shape index (κ2) is 4.41.